The van der Waals surface area contributed by atoms with E-state index in [1.165, 1.54) is 12.0 Å². The van der Waals surface area contributed by atoms with Crippen LogP contribution >= 0.6 is 0 Å². The van der Waals surface area contributed by atoms with Gasteiger partial charge in [0.2, 0.25) is 0 Å². The highest BCUT2D eigenvalue weighted by Crippen LogP contribution is 2.10. The molecule has 0 saturated heterocycles. The van der Waals surface area contributed by atoms with Crippen molar-refractivity contribution in [3.05, 3.63) is 23.8 Å². The maximum absolute atomic E-state index is 8.59. The minimum absolute atomic E-state index is 0.318. The summed E-state index contributed by atoms with van der Waals surface area (Å²) in [5, 5.41) is 8.59. The van der Waals surface area contributed by atoms with Gasteiger partial charge in [-0.1, -0.05) is 31.1 Å². The molecule has 0 aromatic rings. The van der Waals surface area contributed by atoms with Crippen LogP contribution in [0, 0.1) is 0 Å². The van der Waals surface area contributed by atoms with Crippen molar-refractivity contribution in [3.8, 4) is 0 Å². The van der Waals surface area contributed by atoms with Crippen LogP contribution in [0.25, 0.3) is 0 Å². The Balaban J connectivity index is 1.88. The lowest BCUT2D eigenvalue weighted by atomic mass is 10.1. The maximum Gasteiger partial charge on any atom is 0.0713 e. The van der Waals surface area contributed by atoms with Gasteiger partial charge in [0.1, 0.15) is 0 Å². The highest BCUT2D eigenvalue weighted by atomic mass is 16.5. The van der Waals surface area contributed by atoms with E-state index in [1.807, 2.05) is 0 Å². The normalized spacial score (nSPS) is 15.4. The van der Waals surface area contributed by atoms with Crippen LogP contribution in [0.3, 0.4) is 0 Å². The third kappa shape index (κ3) is 6.47. The third-order valence-corrected chi connectivity index (χ3v) is 2.54. The largest absolute Gasteiger partial charge is 0.396 e. The number of hydrogen-bond donors (Lipinski definition) is 1. The van der Waals surface area contributed by atoms with Crippen LogP contribution in [0.1, 0.15) is 38.5 Å². The summed E-state index contributed by atoms with van der Waals surface area (Å²) in [6.45, 7) is 1.92. The Kier molecular flexibility index (Phi) is 7.22. The number of allylic oxidation sites excluding steroid dienone is 2. The average molecular weight is 210 g/mol. The summed E-state index contributed by atoms with van der Waals surface area (Å²) in [7, 11) is 0. The van der Waals surface area contributed by atoms with E-state index in [1.54, 1.807) is 0 Å². The van der Waals surface area contributed by atoms with Crippen molar-refractivity contribution >= 4 is 0 Å². The number of aliphatic hydroxyl groups is 1. The van der Waals surface area contributed by atoms with Gasteiger partial charge < -0.3 is 9.84 Å². The van der Waals surface area contributed by atoms with E-state index in [0.29, 0.717) is 6.61 Å². The van der Waals surface area contributed by atoms with Crippen molar-refractivity contribution in [2.75, 3.05) is 19.8 Å². The van der Waals surface area contributed by atoms with Gasteiger partial charge in [0, 0.05) is 13.2 Å². The van der Waals surface area contributed by atoms with Crippen molar-refractivity contribution in [2.45, 2.75) is 38.5 Å². The van der Waals surface area contributed by atoms with E-state index in [9.17, 15) is 0 Å². The number of rotatable bonds is 8. The summed E-state index contributed by atoms with van der Waals surface area (Å²) in [6.07, 6.45) is 13.3. The third-order valence-electron chi connectivity index (χ3n) is 2.54. The summed E-state index contributed by atoms with van der Waals surface area (Å²) in [5.41, 5.74) is 1.32. The Morgan fingerprint density at radius 1 is 1.13 bits per heavy atom. The van der Waals surface area contributed by atoms with Gasteiger partial charge in [0.15, 0.2) is 0 Å². The molecule has 2 nitrogen and oxygen atoms in total. The van der Waals surface area contributed by atoms with Crippen molar-refractivity contribution in [2.24, 2.45) is 0 Å². The van der Waals surface area contributed by atoms with Gasteiger partial charge >= 0.3 is 0 Å². The number of aliphatic hydroxyl groups excluding tert-OH is 1. The molecule has 0 radical (unpaired) electrons. The maximum atomic E-state index is 8.59. The highest BCUT2D eigenvalue weighted by molar-refractivity contribution is 5.22. The molecule has 1 aliphatic rings. The van der Waals surface area contributed by atoms with Crippen LogP contribution in [-0.2, 0) is 4.74 Å². The highest BCUT2D eigenvalue weighted by Gasteiger charge is 1.97. The molecule has 15 heavy (non-hydrogen) atoms. The topological polar surface area (TPSA) is 29.5 Å². The Hall–Kier alpha value is -0.600. The summed E-state index contributed by atoms with van der Waals surface area (Å²) in [5.74, 6) is 0. The zero-order valence-corrected chi connectivity index (χ0v) is 9.45. The Bertz CT molecular complexity index is 207. The fourth-order valence-electron chi connectivity index (χ4n) is 1.63. The van der Waals surface area contributed by atoms with Gasteiger partial charge in [-0.05, 0) is 31.3 Å². The summed E-state index contributed by atoms with van der Waals surface area (Å²) in [6, 6.07) is 0. The molecule has 0 amide bonds. The molecule has 0 atom stereocenters. The minimum Gasteiger partial charge on any atom is -0.396 e. The first-order chi connectivity index (χ1) is 7.43. The summed E-state index contributed by atoms with van der Waals surface area (Å²) in [4.78, 5) is 0. The molecule has 2 heteroatoms. The zero-order valence-electron chi connectivity index (χ0n) is 9.45. The Labute approximate surface area is 92.6 Å². The molecule has 86 valence electrons. The monoisotopic (exact) mass is 210 g/mol. The van der Waals surface area contributed by atoms with Gasteiger partial charge in [-0.25, -0.2) is 0 Å². The number of hydrogen-bond acceptors (Lipinski definition) is 2. The van der Waals surface area contributed by atoms with Crippen molar-refractivity contribution in [3.63, 3.8) is 0 Å². The molecule has 0 bridgehead atoms. The minimum atomic E-state index is 0.318. The SMILES string of the molecule is OCCCCCCOCC1=CCCC=C1. The molecule has 0 aliphatic heterocycles. The van der Waals surface area contributed by atoms with Crippen LogP contribution < -0.4 is 0 Å². The molecule has 1 N–H and O–H groups in total. The van der Waals surface area contributed by atoms with Crippen LogP contribution in [0.4, 0.5) is 0 Å². The second-order valence-corrected chi connectivity index (χ2v) is 3.95. The standard InChI is InChI=1S/C13H22O2/c14-10-6-1-2-7-11-15-12-13-8-4-3-5-9-13/h4,8-9,14H,1-3,5-7,10-12H2. The average Bonchev–Trinajstić information content (AvgIpc) is 2.29. The molecule has 0 saturated carbocycles. The van der Waals surface area contributed by atoms with E-state index >= 15 is 0 Å². The van der Waals surface area contributed by atoms with Crippen LogP contribution in [0.5, 0.6) is 0 Å². The summed E-state index contributed by atoms with van der Waals surface area (Å²) >= 11 is 0. The molecule has 0 spiro atoms. The molecular formula is C13H22O2. The van der Waals surface area contributed by atoms with Gasteiger partial charge in [-0.3, -0.25) is 0 Å². The zero-order chi connectivity index (χ0) is 10.8. The summed E-state index contributed by atoms with van der Waals surface area (Å²) < 4.78 is 5.57. The Morgan fingerprint density at radius 3 is 2.73 bits per heavy atom. The molecule has 1 rings (SSSR count). The lowest BCUT2D eigenvalue weighted by Crippen LogP contribution is -2.00. The van der Waals surface area contributed by atoms with Crippen LogP contribution in [-0.4, -0.2) is 24.9 Å². The fourth-order valence-corrected chi connectivity index (χ4v) is 1.63. The predicted octanol–water partition coefficient (Wildman–Crippen LogP) is 2.83. The van der Waals surface area contributed by atoms with E-state index < -0.39 is 0 Å². The Morgan fingerprint density at radius 2 is 2.00 bits per heavy atom. The second kappa shape index (κ2) is 8.69. The molecule has 0 fully saturated rings. The quantitative estimate of drug-likeness (QED) is 0.624. The van der Waals surface area contributed by atoms with Gasteiger partial charge in [0.05, 0.1) is 6.61 Å². The molecular weight excluding hydrogens is 188 g/mol. The van der Waals surface area contributed by atoms with E-state index in [-0.39, 0.29) is 0 Å². The van der Waals surface area contributed by atoms with E-state index in [0.717, 1.165) is 45.3 Å². The van der Waals surface area contributed by atoms with E-state index in [4.69, 9.17) is 9.84 Å². The predicted molar refractivity (Wildman–Crippen MR) is 62.8 cm³/mol. The number of ether oxygens (including phenoxy) is 1. The molecule has 0 aromatic heterocycles. The first-order valence-electron chi connectivity index (χ1n) is 5.97. The van der Waals surface area contributed by atoms with Gasteiger partial charge in [-0.2, -0.15) is 0 Å². The molecule has 0 heterocycles. The van der Waals surface area contributed by atoms with Crippen LogP contribution in [0.2, 0.25) is 0 Å². The van der Waals surface area contributed by atoms with E-state index in [2.05, 4.69) is 18.2 Å². The van der Waals surface area contributed by atoms with Gasteiger partial charge in [-0.15, -0.1) is 0 Å². The number of unbranched alkanes of at least 4 members (excludes halogenated alkanes) is 3. The molecule has 0 aromatic carbocycles. The smallest absolute Gasteiger partial charge is 0.0713 e. The first-order valence-corrected chi connectivity index (χ1v) is 5.97. The fraction of sp³-hybridized carbons (Fsp3) is 0.692. The lowest BCUT2D eigenvalue weighted by Gasteiger charge is -2.07. The lowest BCUT2D eigenvalue weighted by molar-refractivity contribution is 0.152. The van der Waals surface area contributed by atoms with Crippen molar-refractivity contribution < 1.29 is 9.84 Å². The molecule has 0 unspecified atom stereocenters. The van der Waals surface area contributed by atoms with Crippen molar-refractivity contribution in [1.29, 1.82) is 0 Å². The van der Waals surface area contributed by atoms with Crippen molar-refractivity contribution in [1.82, 2.24) is 0 Å². The van der Waals surface area contributed by atoms with Gasteiger partial charge in [0.25, 0.3) is 0 Å². The molecule has 1 aliphatic carbocycles. The first kappa shape index (κ1) is 12.5. The second-order valence-electron chi connectivity index (χ2n) is 3.95. The van der Waals surface area contributed by atoms with Crippen LogP contribution in [0.15, 0.2) is 23.8 Å².